The van der Waals surface area contributed by atoms with Gasteiger partial charge in [0.1, 0.15) is 5.69 Å². The molecule has 0 unspecified atom stereocenters. The predicted molar refractivity (Wildman–Crippen MR) is 86.3 cm³/mol. The Morgan fingerprint density at radius 3 is 2.92 bits per heavy atom. The molecule has 0 radical (unpaired) electrons. The number of aromatic nitrogens is 4. The Morgan fingerprint density at radius 1 is 1.29 bits per heavy atom. The van der Waals surface area contributed by atoms with Crippen LogP contribution in [-0.4, -0.2) is 50.3 Å². The molecule has 2 aliphatic rings. The second kappa shape index (κ2) is 6.32. The summed E-state index contributed by atoms with van der Waals surface area (Å²) >= 11 is 0. The Kier molecular flexibility index (Phi) is 4.02. The third-order valence-electron chi connectivity index (χ3n) is 4.75. The van der Waals surface area contributed by atoms with Gasteiger partial charge in [0.2, 0.25) is 0 Å². The summed E-state index contributed by atoms with van der Waals surface area (Å²) in [5.74, 6) is 0.795. The van der Waals surface area contributed by atoms with Gasteiger partial charge in [0.15, 0.2) is 0 Å². The summed E-state index contributed by atoms with van der Waals surface area (Å²) in [5.41, 5.74) is 2.63. The van der Waals surface area contributed by atoms with Crippen molar-refractivity contribution in [3.8, 4) is 0 Å². The monoisotopic (exact) mass is 327 g/mol. The van der Waals surface area contributed by atoms with E-state index < -0.39 is 0 Å². The van der Waals surface area contributed by atoms with E-state index >= 15 is 0 Å². The van der Waals surface area contributed by atoms with Crippen LogP contribution >= 0.6 is 0 Å². The van der Waals surface area contributed by atoms with Crippen LogP contribution in [0.2, 0.25) is 0 Å². The van der Waals surface area contributed by atoms with E-state index in [9.17, 15) is 4.79 Å². The summed E-state index contributed by atoms with van der Waals surface area (Å²) in [4.78, 5) is 22.7. The average molecular weight is 327 g/mol. The molecule has 7 nitrogen and oxygen atoms in total. The molecule has 0 bridgehead atoms. The quantitative estimate of drug-likeness (QED) is 0.829. The topological polar surface area (TPSA) is 73.1 Å². The van der Waals surface area contributed by atoms with Crippen LogP contribution in [0.4, 0.5) is 0 Å². The maximum atomic E-state index is 12.7. The molecule has 4 rings (SSSR count). The number of hydrogen-bond acceptors (Lipinski definition) is 5. The van der Waals surface area contributed by atoms with Gasteiger partial charge in [-0.2, -0.15) is 5.10 Å². The van der Waals surface area contributed by atoms with Crippen LogP contribution in [0.25, 0.3) is 0 Å². The zero-order chi connectivity index (χ0) is 16.5. The molecule has 1 fully saturated rings. The van der Waals surface area contributed by atoms with Crippen molar-refractivity contribution < 1.29 is 9.53 Å². The molecule has 2 aromatic rings. The molecule has 1 aliphatic carbocycles. The van der Waals surface area contributed by atoms with E-state index in [4.69, 9.17) is 4.74 Å². The molecule has 1 amide bonds. The van der Waals surface area contributed by atoms with Crippen molar-refractivity contribution in [2.24, 2.45) is 13.0 Å². The molecular formula is C17H21N5O2. The van der Waals surface area contributed by atoms with Crippen molar-refractivity contribution in [2.75, 3.05) is 19.8 Å². The number of amides is 1. The fourth-order valence-corrected chi connectivity index (χ4v) is 3.15. The Morgan fingerprint density at radius 2 is 2.17 bits per heavy atom. The van der Waals surface area contributed by atoms with Gasteiger partial charge >= 0.3 is 0 Å². The molecule has 126 valence electrons. The van der Waals surface area contributed by atoms with Crippen LogP contribution in [-0.2, 0) is 18.3 Å². The first-order valence-corrected chi connectivity index (χ1v) is 8.36. The van der Waals surface area contributed by atoms with E-state index in [1.165, 1.54) is 24.6 Å². The number of hydrogen-bond donors (Lipinski definition) is 0. The van der Waals surface area contributed by atoms with Crippen molar-refractivity contribution in [2.45, 2.75) is 25.3 Å². The summed E-state index contributed by atoms with van der Waals surface area (Å²) in [5, 5.41) is 4.37. The number of ether oxygens (including phenoxy) is 1. The third-order valence-corrected chi connectivity index (χ3v) is 4.75. The highest BCUT2D eigenvalue weighted by atomic mass is 16.5. The third kappa shape index (κ3) is 3.03. The summed E-state index contributed by atoms with van der Waals surface area (Å²) in [7, 11) is 1.91. The van der Waals surface area contributed by atoms with E-state index in [1.807, 2.05) is 22.8 Å². The number of nitrogens with zero attached hydrogens (tertiary/aromatic N) is 5. The summed E-state index contributed by atoms with van der Waals surface area (Å²) in [6.45, 7) is 2.61. The van der Waals surface area contributed by atoms with Gasteiger partial charge in [-0.05, 0) is 18.8 Å². The molecule has 1 aliphatic heterocycles. The Bertz CT molecular complexity index is 726. The minimum atomic E-state index is -0.0952. The van der Waals surface area contributed by atoms with E-state index in [2.05, 4.69) is 15.1 Å². The maximum absolute atomic E-state index is 12.7. The minimum absolute atomic E-state index is 0.0952. The molecule has 3 heterocycles. The first-order valence-electron chi connectivity index (χ1n) is 8.36. The number of rotatable bonds is 5. The molecule has 1 atom stereocenters. The van der Waals surface area contributed by atoms with E-state index in [0.717, 1.165) is 18.2 Å². The van der Waals surface area contributed by atoms with Crippen LogP contribution in [0.1, 0.15) is 40.5 Å². The first kappa shape index (κ1) is 15.3. The zero-order valence-electron chi connectivity index (χ0n) is 13.8. The molecule has 24 heavy (non-hydrogen) atoms. The fourth-order valence-electron chi connectivity index (χ4n) is 3.15. The average Bonchev–Trinajstić information content (AvgIpc) is 3.37. The van der Waals surface area contributed by atoms with Crippen molar-refractivity contribution in [1.82, 2.24) is 24.6 Å². The Hall–Kier alpha value is -2.28. The Balaban J connectivity index is 1.52. The molecule has 0 spiro atoms. The van der Waals surface area contributed by atoms with Gasteiger partial charge in [0.25, 0.3) is 5.91 Å². The lowest BCUT2D eigenvalue weighted by Crippen LogP contribution is -2.40. The first-order chi connectivity index (χ1) is 11.7. The van der Waals surface area contributed by atoms with Crippen molar-refractivity contribution in [1.29, 1.82) is 0 Å². The fraction of sp³-hybridized carbons (Fsp3) is 0.529. The van der Waals surface area contributed by atoms with Gasteiger partial charge < -0.3 is 9.64 Å². The van der Waals surface area contributed by atoms with Crippen LogP contribution in [0, 0.1) is 5.92 Å². The zero-order valence-corrected chi connectivity index (χ0v) is 13.8. The number of aryl methyl sites for hydroxylation is 1. The van der Waals surface area contributed by atoms with E-state index in [0.29, 0.717) is 25.4 Å². The lowest BCUT2D eigenvalue weighted by atomic mass is 9.95. The van der Waals surface area contributed by atoms with E-state index in [1.54, 1.807) is 12.4 Å². The minimum Gasteiger partial charge on any atom is -0.380 e. The second-order valence-corrected chi connectivity index (χ2v) is 6.62. The molecule has 0 aromatic carbocycles. The molecular weight excluding hydrogens is 306 g/mol. The normalized spacial score (nSPS) is 20.0. The highest BCUT2D eigenvalue weighted by molar-refractivity contribution is 5.92. The second-order valence-electron chi connectivity index (χ2n) is 6.62. The van der Waals surface area contributed by atoms with E-state index in [-0.39, 0.29) is 11.8 Å². The summed E-state index contributed by atoms with van der Waals surface area (Å²) in [6.07, 6.45) is 9.09. The molecule has 7 heteroatoms. The number of carbonyl (C=O) groups is 1. The largest absolute Gasteiger partial charge is 0.380 e. The SMILES string of the molecule is Cn1ncc2c1CN(C(=O)c1cnccn1)C[C@H]2COCC1CC1. The lowest BCUT2D eigenvalue weighted by Gasteiger charge is -2.32. The smallest absolute Gasteiger partial charge is 0.274 e. The van der Waals surface area contributed by atoms with Gasteiger partial charge in [-0.3, -0.25) is 14.5 Å². The maximum Gasteiger partial charge on any atom is 0.274 e. The van der Waals surface area contributed by atoms with Crippen molar-refractivity contribution >= 4 is 5.91 Å². The molecule has 2 aromatic heterocycles. The molecule has 0 N–H and O–H groups in total. The standard InChI is InChI=1S/C17H21N5O2/c1-21-16-9-22(17(23)15-7-18-4-5-19-15)8-13(14(16)6-20-21)11-24-10-12-2-3-12/h4-7,12-13H,2-3,8-11H2,1H3/t13-/m0/s1. The summed E-state index contributed by atoms with van der Waals surface area (Å²) < 4.78 is 7.74. The number of carbonyl (C=O) groups excluding carboxylic acids is 1. The molecule has 1 saturated carbocycles. The van der Waals surface area contributed by atoms with Crippen LogP contribution in [0.5, 0.6) is 0 Å². The van der Waals surface area contributed by atoms with Crippen LogP contribution in [0.3, 0.4) is 0 Å². The molecule has 0 saturated heterocycles. The van der Waals surface area contributed by atoms with Gasteiger partial charge in [-0.1, -0.05) is 0 Å². The van der Waals surface area contributed by atoms with Gasteiger partial charge in [0, 0.05) is 44.1 Å². The summed E-state index contributed by atoms with van der Waals surface area (Å²) in [6, 6.07) is 0. The van der Waals surface area contributed by atoms with Crippen LogP contribution < -0.4 is 0 Å². The highest BCUT2D eigenvalue weighted by Gasteiger charge is 2.32. The van der Waals surface area contributed by atoms with Gasteiger partial charge in [0.05, 0.1) is 31.2 Å². The van der Waals surface area contributed by atoms with Crippen LogP contribution in [0.15, 0.2) is 24.8 Å². The van der Waals surface area contributed by atoms with Gasteiger partial charge in [-0.25, -0.2) is 4.98 Å². The highest BCUT2D eigenvalue weighted by Crippen LogP contribution is 2.31. The lowest BCUT2D eigenvalue weighted by molar-refractivity contribution is 0.0618. The predicted octanol–water partition coefficient (Wildman–Crippen LogP) is 1.38. The number of fused-ring (bicyclic) bond motifs is 1. The van der Waals surface area contributed by atoms with Gasteiger partial charge in [-0.15, -0.1) is 0 Å². The van der Waals surface area contributed by atoms with Crippen molar-refractivity contribution in [3.05, 3.63) is 41.7 Å². The Labute approximate surface area is 140 Å². The van der Waals surface area contributed by atoms with Crippen molar-refractivity contribution in [3.63, 3.8) is 0 Å².